The summed E-state index contributed by atoms with van der Waals surface area (Å²) in [6, 6.07) is 19.9. The maximum atomic E-state index is 12.7. The zero-order valence-corrected chi connectivity index (χ0v) is 24.1. The molecular weight excluding hydrogens is 508 g/mol. The van der Waals surface area contributed by atoms with Crippen molar-refractivity contribution < 1.29 is 4.79 Å². The SMILES string of the molecule is C1=NCCS1.O=C(c1ccc(-c2ccc3c4c(ccc3c2)C2=C(CCC=C2)C(C2CCC2)C4)cc1)N1CCCC1. The maximum absolute atomic E-state index is 12.7. The lowest BCUT2D eigenvalue weighted by Gasteiger charge is -2.40. The first-order valence-corrected chi connectivity index (χ1v) is 16.3. The fourth-order valence-corrected chi connectivity index (χ4v) is 7.71. The van der Waals surface area contributed by atoms with Gasteiger partial charge in [-0.2, -0.15) is 0 Å². The van der Waals surface area contributed by atoms with Crippen LogP contribution in [0, 0.1) is 11.8 Å². The average molecular weight is 547 g/mol. The van der Waals surface area contributed by atoms with Crippen LogP contribution in [-0.4, -0.2) is 41.7 Å². The van der Waals surface area contributed by atoms with Crippen molar-refractivity contribution in [3.63, 3.8) is 0 Å². The number of benzene rings is 3. The van der Waals surface area contributed by atoms with Gasteiger partial charge in [0.25, 0.3) is 5.91 Å². The maximum Gasteiger partial charge on any atom is 0.253 e. The van der Waals surface area contributed by atoms with Gasteiger partial charge in [-0.1, -0.05) is 60.5 Å². The molecule has 0 spiro atoms. The van der Waals surface area contributed by atoms with Crippen LogP contribution in [0.25, 0.3) is 27.5 Å². The van der Waals surface area contributed by atoms with E-state index < -0.39 is 0 Å². The zero-order valence-electron chi connectivity index (χ0n) is 23.3. The Morgan fingerprint density at radius 2 is 1.75 bits per heavy atom. The van der Waals surface area contributed by atoms with E-state index >= 15 is 0 Å². The normalized spacial score (nSPS) is 21.6. The summed E-state index contributed by atoms with van der Waals surface area (Å²) >= 11 is 1.78. The predicted octanol–water partition coefficient (Wildman–Crippen LogP) is 8.58. The minimum absolute atomic E-state index is 0.172. The first kappa shape index (κ1) is 25.8. The lowest BCUT2D eigenvalue weighted by atomic mass is 9.64. The fraction of sp³-hybridized carbons (Fsp3) is 0.389. The first-order chi connectivity index (χ1) is 19.8. The summed E-state index contributed by atoms with van der Waals surface area (Å²) < 4.78 is 0. The molecule has 2 heterocycles. The number of carbonyl (C=O) groups excluding carboxylic acids is 1. The Labute approximate surface area is 242 Å². The summed E-state index contributed by atoms with van der Waals surface area (Å²) in [5.74, 6) is 2.99. The second-order valence-corrected chi connectivity index (χ2v) is 12.8. The highest BCUT2D eigenvalue weighted by molar-refractivity contribution is 8.12. The van der Waals surface area contributed by atoms with Gasteiger partial charge in [-0.05, 0) is 114 Å². The van der Waals surface area contributed by atoms with Crippen LogP contribution in [0.2, 0.25) is 0 Å². The third-order valence-electron chi connectivity index (χ3n) is 9.57. The van der Waals surface area contributed by atoms with E-state index in [1.165, 1.54) is 77.3 Å². The molecule has 0 aromatic heterocycles. The highest BCUT2D eigenvalue weighted by Crippen LogP contribution is 2.49. The lowest BCUT2D eigenvalue weighted by molar-refractivity contribution is 0.0793. The zero-order chi connectivity index (χ0) is 26.9. The molecule has 0 N–H and O–H groups in total. The van der Waals surface area contributed by atoms with Gasteiger partial charge in [0.15, 0.2) is 0 Å². The molecule has 204 valence electrons. The molecule has 3 aromatic carbocycles. The smallest absolute Gasteiger partial charge is 0.253 e. The highest BCUT2D eigenvalue weighted by atomic mass is 32.2. The number of allylic oxidation sites excluding steroid dienone is 4. The predicted molar refractivity (Wildman–Crippen MR) is 170 cm³/mol. The second kappa shape index (κ2) is 11.4. The van der Waals surface area contributed by atoms with Gasteiger partial charge in [0.2, 0.25) is 0 Å². The summed E-state index contributed by atoms with van der Waals surface area (Å²) in [5, 5.41) is 2.75. The van der Waals surface area contributed by atoms with Gasteiger partial charge >= 0.3 is 0 Å². The van der Waals surface area contributed by atoms with E-state index in [4.69, 9.17) is 0 Å². The fourth-order valence-electron chi connectivity index (χ4n) is 7.18. The molecule has 1 saturated carbocycles. The van der Waals surface area contributed by atoms with Crippen molar-refractivity contribution in [1.29, 1.82) is 0 Å². The van der Waals surface area contributed by atoms with Crippen molar-refractivity contribution in [2.45, 2.75) is 51.4 Å². The molecule has 0 bridgehead atoms. The molecule has 5 aliphatic rings. The van der Waals surface area contributed by atoms with Crippen LogP contribution >= 0.6 is 11.8 Å². The summed E-state index contributed by atoms with van der Waals surface area (Å²) in [5.41, 5.74) is 11.4. The van der Waals surface area contributed by atoms with Gasteiger partial charge in [-0.15, -0.1) is 11.8 Å². The number of nitrogens with zero attached hydrogens (tertiary/aromatic N) is 2. The van der Waals surface area contributed by atoms with Gasteiger partial charge in [0.05, 0.1) is 5.55 Å². The summed E-state index contributed by atoms with van der Waals surface area (Å²) in [4.78, 5) is 18.6. The molecule has 1 unspecified atom stereocenters. The Bertz CT molecular complexity index is 1500. The van der Waals surface area contributed by atoms with Crippen LogP contribution in [0.5, 0.6) is 0 Å². The molecule has 3 nitrogen and oxygen atoms in total. The standard InChI is InChI=1S/C33H33NO.C3H5NS/c35-33(34-18-3-4-19-34)24-12-10-22(11-13-24)25-14-16-27-26(20-25)15-17-30-28-8-1-2-9-29(28)31(21-32(27)30)23-6-5-7-23;1-2-5-3-4-1/h1,8,10-17,20,23,31H,2-7,9,18-19,21H2;3H,1-2H2. The number of thioether (sulfide) groups is 1. The number of aliphatic imine (C=N–C) groups is 1. The molecule has 1 saturated heterocycles. The summed E-state index contributed by atoms with van der Waals surface area (Å²) in [6.07, 6.45) is 14.9. The topological polar surface area (TPSA) is 32.7 Å². The molecule has 1 amide bonds. The minimum atomic E-state index is 0.172. The molecule has 2 fully saturated rings. The molecule has 2 aliphatic heterocycles. The molecule has 3 aliphatic carbocycles. The molecule has 8 rings (SSSR count). The number of amides is 1. The van der Waals surface area contributed by atoms with Crippen LogP contribution in [0.15, 0.2) is 77.3 Å². The molecule has 0 radical (unpaired) electrons. The third kappa shape index (κ3) is 4.96. The molecule has 3 aromatic rings. The van der Waals surface area contributed by atoms with E-state index in [9.17, 15) is 4.79 Å². The van der Waals surface area contributed by atoms with Gasteiger partial charge in [0, 0.05) is 31.0 Å². The van der Waals surface area contributed by atoms with E-state index in [1.807, 2.05) is 22.6 Å². The summed E-state index contributed by atoms with van der Waals surface area (Å²) in [6.45, 7) is 2.82. The number of carbonyl (C=O) groups is 1. The Hall–Kier alpha value is -3.11. The largest absolute Gasteiger partial charge is 0.339 e. The Kier molecular flexibility index (Phi) is 7.37. The monoisotopic (exact) mass is 546 g/mol. The average Bonchev–Trinajstić information content (AvgIpc) is 3.74. The Balaban J connectivity index is 0.000000480. The highest BCUT2D eigenvalue weighted by Gasteiger charge is 2.35. The molecule has 1 atom stereocenters. The van der Waals surface area contributed by atoms with Crippen molar-refractivity contribution in [2.75, 3.05) is 25.4 Å². The van der Waals surface area contributed by atoms with E-state index in [0.29, 0.717) is 0 Å². The second-order valence-electron chi connectivity index (χ2n) is 11.9. The summed E-state index contributed by atoms with van der Waals surface area (Å²) in [7, 11) is 0. The van der Waals surface area contributed by atoms with Gasteiger partial charge < -0.3 is 4.90 Å². The minimum Gasteiger partial charge on any atom is -0.339 e. The van der Waals surface area contributed by atoms with Crippen LogP contribution in [-0.2, 0) is 6.42 Å². The lowest BCUT2D eigenvalue weighted by Crippen LogP contribution is -2.29. The molecular formula is C36H38N2OS. The van der Waals surface area contributed by atoms with E-state index in [-0.39, 0.29) is 5.91 Å². The van der Waals surface area contributed by atoms with Gasteiger partial charge in [0.1, 0.15) is 0 Å². The third-order valence-corrected chi connectivity index (χ3v) is 10.3. The number of fused-ring (bicyclic) bond motifs is 4. The van der Waals surface area contributed by atoms with E-state index in [0.717, 1.165) is 49.9 Å². The van der Waals surface area contributed by atoms with Crippen LogP contribution in [0.3, 0.4) is 0 Å². The number of likely N-dealkylation sites (tertiary alicyclic amines) is 1. The number of hydrogen-bond acceptors (Lipinski definition) is 3. The van der Waals surface area contributed by atoms with Crippen molar-refractivity contribution in [3.8, 4) is 11.1 Å². The van der Waals surface area contributed by atoms with Crippen LogP contribution in [0.1, 0.15) is 66.4 Å². The van der Waals surface area contributed by atoms with Crippen molar-refractivity contribution in [3.05, 3.63) is 89.0 Å². The Morgan fingerprint density at radius 1 is 0.925 bits per heavy atom. The van der Waals surface area contributed by atoms with E-state index in [1.54, 1.807) is 22.9 Å². The van der Waals surface area contributed by atoms with Crippen LogP contribution < -0.4 is 0 Å². The quantitative estimate of drug-likeness (QED) is 0.330. The van der Waals surface area contributed by atoms with E-state index in [2.05, 4.69) is 59.6 Å². The van der Waals surface area contributed by atoms with Crippen LogP contribution in [0.4, 0.5) is 0 Å². The molecule has 4 heteroatoms. The Morgan fingerprint density at radius 3 is 2.45 bits per heavy atom. The molecule has 40 heavy (non-hydrogen) atoms. The first-order valence-electron chi connectivity index (χ1n) is 15.2. The van der Waals surface area contributed by atoms with Gasteiger partial charge in [-0.25, -0.2) is 0 Å². The van der Waals surface area contributed by atoms with Crippen molar-refractivity contribution in [2.24, 2.45) is 16.8 Å². The number of hydrogen-bond donors (Lipinski definition) is 0. The van der Waals surface area contributed by atoms with Gasteiger partial charge in [-0.3, -0.25) is 9.79 Å². The van der Waals surface area contributed by atoms with Crippen molar-refractivity contribution >= 4 is 39.6 Å². The van der Waals surface area contributed by atoms with Crippen molar-refractivity contribution in [1.82, 2.24) is 4.90 Å². The number of rotatable bonds is 3.